The van der Waals surface area contributed by atoms with Crippen molar-refractivity contribution in [1.82, 2.24) is 19.7 Å². The van der Waals surface area contributed by atoms with E-state index in [4.69, 9.17) is 14.8 Å². The monoisotopic (exact) mass is 392 g/mol. The smallest absolute Gasteiger partial charge is 0.308 e. The van der Waals surface area contributed by atoms with Crippen molar-refractivity contribution in [2.24, 2.45) is 0 Å². The lowest BCUT2D eigenvalue weighted by Gasteiger charge is -2.19. The minimum absolute atomic E-state index is 0.0840. The Morgan fingerprint density at radius 2 is 1.79 bits per heavy atom. The van der Waals surface area contributed by atoms with Crippen LogP contribution in [0.2, 0.25) is 0 Å². The summed E-state index contributed by atoms with van der Waals surface area (Å²) in [6.07, 6.45) is 0. The van der Waals surface area contributed by atoms with E-state index >= 15 is 0 Å². The highest BCUT2D eigenvalue weighted by Gasteiger charge is 2.17. The van der Waals surface area contributed by atoms with E-state index in [9.17, 15) is 4.79 Å². The van der Waals surface area contributed by atoms with Crippen LogP contribution in [0.1, 0.15) is 39.1 Å². The van der Waals surface area contributed by atoms with Crippen LogP contribution in [0, 0.1) is 0 Å². The molecule has 0 aliphatic heterocycles. The Kier molecular flexibility index (Phi) is 5.84. The predicted octanol–water partition coefficient (Wildman–Crippen LogP) is 4.22. The minimum atomic E-state index is -0.355. The highest BCUT2D eigenvalue weighted by atomic mass is 16.5. The highest BCUT2D eigenvalue weighted by molar-refractivity contribution is 5.69. The van der Waals surface area contributed by atoms with Crippen molar-refractivity contribution in [2.45, 2.75) is 39.7 Å². The lowest BCUT2D eigenvalue weighted by atomic mass is 9.87. The summed E-state index contributed by atoms with van der Waals surface area (Å²) >= 11 is 0. The topological polar surface area (TPSA) is 60.3 Å². The number of benzene rings is 2. The van der Waals surface area contributed by atoms with Crippen LogP contribution in [-0.4, -0.2) is 39.7 Å². The van der Waals surface area contributed by atoms with Gasteiger partial charge in [-0.3, -0.25) is 4.79 Å². The van der Waals surface area contributed by atoms with Crippen molar-refractivity contribution >= 4 is 5.97 Å². The van der Waals surface area contributed by atoms with Crippen LogP contribution >= 0.6 is 0 Å². The van der Waals surface area contributed by atoms with Crippen molar-refractivity contribution in [2.75, 3.05) is 14.1 Å². The number of rotatable bonds is 5. The Bertz CT molecular complexity index is 998. The van der Waals surface area contributed by atoms with Gasteiger partial charge >= 0.3 is 5.97 Å². The molecule has 0 bridgehead atoms. The van der Waals surface area contributed by atoms with Crippen LogP contribution in [0.5, 0.6) is 5.75 Å². The standard InChI is InChI=1S/C23H28N4O2/c1-16(28)29-20-9-7-8-19(14-20)27-22(24-21(25-27)15-26(5)6)17-10-12-18(13-11-17)23(2,3)4/h7-14H,15H2,1-6H3. The van der Waals surface area contributed by atoms with E-state index in [1.165, 1.54) is 12.5 Å². The molecule has 29 heavy (non-hydrogen) atoms. The quantitative estimate of drug-likeness (QED) is 0.481. The van der Waals surface area contributed by atoms with E-state index in [1.54, 1.807) is 16.8 Å². The SMILES string of the molecule is CC(=O)Oc1cccc(-n2nc(CN(C)C)nc2-c2ccc(C(C)(C)C)cc2)c1. The normalized spacial score (nSPS) is 11.7. The van der Waals surface area contributed by atoms with Gasteiger partial charge in [0.05, 0.1) is 12.2 Å². The summed E-state index contributed by atoms with van der Waals surface area (Å²) in [5.74, 6) is 1.60. The van der Waals surface area contributed by atoms with Gasteiger partial charge in [0.1, 0.15) is 5.75 Å². The van der Waals surface area contributed by atoms with E-state index in [2.05, 4.69) is 45.0 Å². The molecule has 3 rings (SSSR count). The van der Waals surface area contributed by atoms with Gasteiger partial charge in [0.15, 0.2) is 11.6 Å². The number of nitrogens with zero attached hydrogens (tertiary/aromatic N) is 4. The predicted molar refractivity (Wildman–Crippen MR) is 114 cm³/mol. The molecule has 0 saturated heterocycles. The van der Waals surface area contributed by atoms with Crippen LogP contribution in [0.15, 0.2) is 48.5 Å². The molecule has 0 aliphatic rings. The van der Waals surface area contributed by atoms with Crippen LogP contribution < -0.4 is 4.74 Å². The second kappa shape index (κ2) is 8.17. The van der Waals surface area contributed by atoms with Gasteiger partial charge in [0.2, 0.25) is 0 Å². The van der Waals surface area contributed by atoms with Gasteiger partial charge in [0, 0.05) is 18.6 Å². The van der Waals surface area contributed by atoms with Gasteiger partial charge in [-0.25, -0.2) is 9.67 Å². The zero-order valence-electron chi connectivity index (χ0n) is 17.9. The first kappa shape index (κ1) is 20.7. The molecule has 0 radical (unpaired) electrons. The van der Waals surface area contributed by atoms with Crippen molar-refractivity contribution in [1.29, 1.82) is 0 Å². The zero-order chi connectivity index (χ0) is 21.2. The average molecular weight is 393 g/mol. The molecule has 2 aromatic carbocycles. The molecule has 3 aromatic rings. The number of hydrogen-bond donors (Lipinski definition) is 0. The average Bonchev–Trinajstić information content (AvgIpc) is 3.04. The summed E-state index contributed by atoms with van der Waals surface area (Å²) in [5.41, 5.74) is 3.11. The van der Waals surface area contributed by atoms with Gasteiger partial charge in [-0.05, 0) is 37.2 Å². The van der Waals surface area contributed by atoms with Crippen molar-refractivity contribution in [3.05, 3.63) is 59.9 Å². The molecule has 6 nitrogen and oxygen atoms in total. The minimum Gasteiger partial charge on any atom is -0.427 e. The van der Waals surface area contributed by atoms with Gasteiger partial charge in [-0.2, -0.15) is 0 Å². The largest absolute Gasteiger partial charge is 0.427 e. The molecule has 0 atom stereocenters. The van der Waals surface area contributed by atoms with Crippen LogP contribution in [0.25, 0.3) is 17.1 Å². The number of ether oxygens (including phenoxy) is 1. The van der Waals surface area contributed by atoms with Gasteiger partial charge < -0.3 is 9.64 Å². The Morgan fingerprint density at radius 3 is 2.38 bits per heavy atom. The maximum absolute atomic E-state index is 11.3. The first-order valence-electron chi connectivity index (χ1n) is 9.64. The van der Waals surface area contributed by atoms with Crippen LogP contribution in [-0.2, 0) is 16.8 Å². The Morgan fingerprint density at radius 1 is 1.10 bits per heavy atom. The number of esters is 1. The second-order valence-electron chi connectivity index (χ2n) is 8.42. The maximum atomic E-state index is 11.3. The van der Waals surface area contributed by atoms with E-state index < -0.39 is 0 Å². The fraction of sp³-hybridized carbons (Fsp3) is 0.348. The summed E-state index contributed by atoms with van der Waals surface area (Å²) in [6, 6.07) is 15.7. The molecule has 1 heterocycles. The van der Waals surface area contributed by atoms with E-state index in [0.29, 0.717) is 12.3 Å². The lowest BCUT2D eigenvalue weighted by Crippen LogP contribution is -2.12. The third-order valence-corrected chi connectivity index (χ3v) is 4.44. The Labute approximate surface area is 172 Å². The van der Waals surface area contributed by atoms with Gasteiger partial charge in [-0.15, -0.1) is 5.10 Å². The van der Waals surface area contributed by atoms with Crippen molar-refractivity contribution in [3.8, 4) is 22.8 Å². The van der Waals surface area contributed by atoms with E-state index in [1.807, 2.05) is 31.1 Å². The lowest BCUT2D eigenvalue weighted by molar-refractivity contribution is -0.131. The number of aromatic nitrogens is 3. The molecule has 0 fully saturated rings. The molecule has 0 amide bonds. The molecular weight excluding hydrogens is 364 g/mol. The molecule has 1 aromatic heterocycles. The van der Waals surface area contributed by atoms with Crippen molar-refractivity contribution in [3.63, 3.8) is 0 Å². The third-order valence-electron chi connectivity index (χ3n) is 4.44. The summed E-state index contributed by atoms with van der Waals surface area (Å²) in [4.78, 5) is 18.1. The van der Waals surface area contributed by atoms with Gasteiger partial charge in [0.25, 0.3) is 0 Å². The fourth-order valence-corrected chi connectivity index (χ4v) is 3.04. The second-order valence-corrected chi connectivity index (χ2v) is 8.42. The summed E-state index contributed by atoms with van der Waals surface area (Å²) in [6.45, 7) is 8.60. The zero-order valence-corrected chi connectivity index (χ0v) is 17.9. The number of carbonyl (C=O) groups is 1. The summed E-state index contributed by atoms with van der Waals surface area (Å²) in [5, 5.41) is 4.71. The van der Waals surface area contributed by atoms with Crippen LogP contribution in [0.4, 0.5) is 0 Å². The molecule has 0 aliphatic carbocycles. The van der Waals surface area contributed by atoms with Crippen LogP contribution in [0.3, 0.4) is 0 Å². The third kappa shape index (κ3) is 5.09. The number of carbonyl (C=O) groups excluding carboxylic acids is 1. The fourth-order valence-electron chi connectivity index (χ4n) is 3.04. The molecular formula is C23H28N4O2. The Balaban J connectivity index is 2.07. The summed E-state index contributed by atoms with van der Waals surface area (Å²) < 4.78 is 7.04. The molecule has 0 N–H and O–H groups in total. The molecule has 0 unspecified atom stereocenters. The first-order valence-corrected chi connectivity index (χ1v) is 9.64. The van der Waals surface area contributed by atoms with E-state index in [0.717, 1.165) is 22.9 Å². The maximum Gasteiger partial charge on any atom is 0.308 e. The van der Waals surface area contributed by atoms with Crippen molar-refractivity contribution < 1.29 is 9.53 Å². The molecule has 0 spiro atoms. The van der Waals surface area contributed by atoms with Gasteiger partial charge in [-0.1, -0.05) is 51.1 Å². The Hall–Kier alpha value is -2.99. The highest BCUT2D eigenvalue weighted by Crippen LogP contribution is 2.27. The molecule has 6 heteroatoms. The first-order chi connectivity index (χ1) is 13.6. The molecule has 152 valence electrons. The molecule has 0 saturated carbocycles. The number of hydrogen-bond acceptors (Lipinski definition) is 5. The summed E-state index contributed by atoms with van der Waals surface area (Å²) in [7, 11) is 3.97. The van der Waals surface area contributed by atoms with E-state index in [-0.39, 0.29) is 11.4 Å².